The fourth-order valence-corrected chi connectivity index (χ4v) is 0. The number of rotatable bonds is 0. The van der Waals surface area contributed by atoms with Crippen molar-refractivity contribution in [3.05, 3.63) is 0 Å². The van der Waals surface area contributed by atoms with E-state index in [0.29, 0.717) is 0 Å². The third-order valence-electron chi connectivity index (χ3n) is 0. The minimum absolute atomic E-state index is 0. The molecule has 0 radical (unpaired) electrons. The second-order valence-corrected chi connectivity index (χ2v) is 0.283. The smallest absolute Gasteiger partial charge is 0.450 e. The van der Waals surface area contributed by atoms with Crippen molar-refractivity contribution in [1.82, 2.24) is 0 Å². The van der Waals surface area contributed by atoms with Crippen LogP contribution in [0.2, 0.25) is 0 Å². The van der Waals surface area contributed by atoms with Gasteiger partial charge in [-0.3, -0.25) is 0 Å². The van der Waals surface area contributed by atoms with E-state index in [2.05, 4.69) is 0 Å². The van der Waals surface area contributed by atoms with Crippen LogP contribution < -0.4 is 0 Å². The predicted molar refractivity (Wildman–Crippen MR) is 20.6 cm³/mol. The largest absolute Gasteiger partial charge is 0.503 e. The Morgan fingerprint density at radius 3 is 1.33 bits per heavy atom. The molecule has 0 heterocycles. The van der Waals surface area contributed by atoms with Crippen molar-refractivity contribution in [2.24, 2.45) is 0 Å². The summed E-state index contributed by atoms with van der Waals surface area (Å²) in [6.45, 7) is 0. The third kappa shape index (κ3) is 460. The Bertz CT molecular complexity index is 33.8. The first-order chi connectivity index (χ1) is 1.73. The summed E-state index contributed by atoms with van der Waals surface area (Å²) in [7, 11) is 0. The van der Waals surface area contributed by atoms with Crippen LogP contribution in [0.25, 0.3) is 0 Å². The molecular weight excluding hydrogens is 143 g/mol. The molecule has 0 aliphatic carbocycles. The molecule has 0 aromatic carbocycles. The van der Waals surface area contributed by atoms with Gasteiger partial charge in [0.15, 0.2) is 17.4 Å². The Hall–Kier alpha value is 0.322. The second kappa shape index (κ2) is 9.01. The SMILES string of the molecule is O=C(O)O.[AlH3].[Fe]. The van der Waals surface area contributed by atoms with Crippen LogP contribution in [-0.4, -0.2) is 33.7 Å². The van der Waals surface area contributed by atoms with Crippen molar-refractivity contribution < 1.29 is 32.1 Å². The van der Waals surface area contributed by atoms with Gasteiger partial charge in [0.05, 0.1) is 0 Å². The van der Waals surface area contributed by atoms with E-state index in [9.17, 15) is 0 Å². The van der Waals surface area contributed by atoms with E-state index in [1.165, 1.54) is 0 Å². The molecule has 0 spiro atoms. The van der Waals surface area contributed by atoms with Crippen LogP contribution in [0.15, 0.2) is 0 Å². The van der Waals surface area contributed by atoms with Crippen molar-refractivity contribution in [3.8, 4) is 0 Å². The zero-order chi connectivity index (χ0) is 3.58. The van der Waals surface area contributed by atoms with Gasteiger partial charge in [0.25, 0.3) is 0 Å². The number of hydrogen-bond acceptors (Lipinski definition) is 1. The maximum Gasteiger partial charge on any atom is 0.503 e. The standard InChI is InChI=1S/CH2O3.Al.Fe.3H/c2-1(3)4;;;;;/h(H2,2,3,4);;;;;. The van der Waals surface area contributed by atoms with Crippen LogP contribution in [0.3, 0.4) is 0 Å². The predicted octanol–water partition coefficient (Wildman–Crippen LogP) is -0.964. The third-order valence-corrected chi connectivity index (χ3v) is 0. The summed E-state index contributed by atoms with van der Waals surface area (Å²) in [6.07, 6.45) is -1.83. The Morgan fingerprint density at radius 2 is 1.33 bits per heavy atom. The maximum atomic E-state index is 8.56. The van der Waals surface area contributed by atoms with Crippen molar-refractivity contribution in [3.63, 3.8) is 0 Å². The van der Waals surface area contributed by atoms with E-state index in [0.717, 1.165) is 0 Å². The van der Waals surface area contributed by atoms with E-state index < -0.39 is 6.16 Å². The first-order valence-electron chi connectivity index (χ1n) is 0.651. The molecule has 0 aromatic rings. The van der Waals surface area contributed by atoms with E-state index in [-0.39, 0.29) is 34.4 Å². The fraction of sp³-hybridized carbons (Fsp3) is 0. The van der Waals surface area contributed by atoms with Gasteiger partial charge < -0.3 is 10.2 Å². The molecule has 0 aliphatic rings. The summed E-state index contributed by atoms with van der Waals surface area (Å²) < 4.78 is 0. The monoisotopic (exact) mass is 148 g/mol. The Morgan fingerprint density at radius 1 is 1.33 bits per heavy atom. The number of carboxylic acid groups (broad SMARTS) is 2. The molecule has 0 saturated carbocycles. The summed E-state index contributed by atoms with van der Waals surface area (Å²) in [6, 6.07) is 0. The van der Waals surface area contributed by atoms with Gasteiger partial charge in [0, 0.05) is 17.1 Å². The van der Waals surface area contributed by atoms with Crippen molar-refractivity contribution in [1.29, 1.82) is 0 Å². The normalized spacial score (nSPS) is 4.00. The molecule has 6 heavy (non-hydrogen) atoms. The molecule has 0 fully saturated rings. The van der Waals surface area contributed by atoms with Gasteiger partial charge in [-0.1, -0.05) is 0 Å². The van der Waals surface area contributed by atoms with Crippen molar-refractivity contribution >= 4 is 23.5 Å². The molecular formula is CH5AlFeO3. The van der Waals surface area contributed by atoms with Crippen LogP contribution >= 0.6 is 0 Å². The van der Waals surface area contributed by atoms with Crippen LogP contribution in [0.4, 0.5) is 4.79 Å². The second-order valence-electron chi connectivity index (χ2n) is 0.283. The average molecular weight is 148 g/mol. The summed E-state index contributed by atoms with van der Waals surface area (Å²) in [5, 5.41) is 13.9. The molecule has 0 saturated heterocycles. The molecule has 5 heteroatoms. The van der Waals surface area contributed by atoms with Crippen molar-refractivity contribution in [2.45, 2.75) is 0 Å². The van der Waals surface area contributed by atoms with Crippen LogP contribution in [0, 0.1) is 0 Å². The molecule has 0 aromatic heterocycles. The molecule has 0 unspecified atom stereocenters. The van der Waals surface area contributed by atoms with Crippen LogP contribution in [0.1, 0.15) is 0 Å². The molecule has 0 aliphatic heterocycles. The fourth-order valence-electron chi connectivity index (χ4n) is 0. The quantitative estimate of drug-likeness (QED) is 0.434. The molecule has 0 rings (SSSR count). The average Bonchev–Trinajstić information content (AvgIpc) is 0.811. The first-order valence-corrected chi connectivity index (χ1v) is 0.651. The van der Waals surface area contributed by atoms with Gasteiger partial charge in [0.1, 0.15) is 0 Å². The molecule has 2 N–H and O–H groups in total. The summed E-state index contributed by atoms with van der Waals surface area (Å²) in [5.74, 6) is 0. The number of carbonyl (C=O) groups is 1. The molecule has 38 valence electrons. The van der Waals surface area contributed by atoms with Gasteiger partial charge in [-0.25, -0.2) is 4.79 Å². The molecule has 0 bridgehead atoms. The topological polar surface area (TPSA) is 57.5 Å². The summed E-state index contributed by atoms with van der Waals surface area (Å²) in [5.41, 5.74) is 0. The van der Waals surface area contributed by atoms with Gasteiger partial charge in [0.2, 0.25) is 0 Å². The van der Waals surface area contributed by atoms with E-state index in [4.69, 9.17) is 15.0 Å². The van der Waals surface area contributed by atoms with E-state index in [1.807, 2.05) is 0 Å². The summed E-state index contributed by atoms with van der Waals surface area (Å²) >= 11 is 0. The molecule has 0 atom stereocenters. The van der Waals surface area contributed by atoms with Gasteiger partial charge in [-0.05, 0) is 0 Å². The van der Waals surface area contributed by atoms with Crippen molar-refractivity contribution in [2.75, 3.05) is 0 Å². The Labute approximate surface area is 56.0 Å². The van der Waals surface area contributed by atoms with Crippen LogP contribution in [0.5, 0.6) is 0 Å². The first kappa shape index (κ1) is 16.2. The molecule has 3 nitrogen and oxygen atoms in total. The minimum atomic E-state index is -1.83. The van der Waals surface area contributed by atoms with Gasteiger partial charge in [-0.2, -0.15) is 0 Å². The summed E-state index contributed by atoms with van der Waals surface area (Å²) in [4.78, 5) is 8.56. The zero-order valence-corrected chi connectivity index (χ0v) is 3.26. The van der Waals surface area contributed by atoms with Crippen LogP contribution in [-0.2, 0) is 17.1 Å². The van der Waals surface area contributed by atoms with E-state index in [1.54, 1.807) is 0 Å². The Kier molecular flexibility index (Phi) is 24.4. The number of hydrogen-bond donors (Lipinski definition) is 2. The van der Waals surface area contributed by atoms with Gasteiger partial charge >= 0.3 is 6.16 Å². The Balaban J connectivity index is -0.0000000450. The minimum Gasteiger partial charge on any atom is -0.450 e. The van der Waals surface area contributed by atoms with E-state index >= 15 is 0 Å². The maximum absolute atomic E-state index is 8.56. The molecule has 0 amide bonds. The van der Waals surface area contributed by atoms with Gasteiger partial charge in [-0.15, -0.1) is 0 Å². The zero-order valence-electron chi connectivity index (χ0n) is 2.16.